The minimum Gasteiger partial charge on any atom is -0.444 e. The van der Waals surface area contributed by atoms with E-state index in [1.807, 2.05) is 51.1 Å². The van der Waals surface area contributed by atoms with Crippen LogP contribution < -0.4 is 5.32 Å². The lowest BCUT2D eigenvalue weighted by molar-refractivity contribution is -0.125. The van der Waals surface area contributed by atoms with Gasteiger partial charge in [0.05, 0.1) is 0 Å². The first-order chi connectivity index (χ1) is 10.4. The highest BCUT2D eigenvalue weighted by Crippen LogP contribution is 2.17. The van der Waals surface area contributed by atoms with Crippen LogP contribution in [0.15, 0.2) is 30.3 Å². The highest BCUT2D eigenvalue weighted by Gasteiger charge is 2.34. The Morgan fingerprint density at radius 1 is 1.32 bits per heavy atom. The van der Waals surface area contributed by atoms with Crippen molar-refractivity contribution < 1.29 is 14.3 Å². The van der Waals surface area contributed by atoms with Gasteiger partial charge < -0.3 is 10.1 Å². The summed E-state index contributed by atoms with van der Waals surface area (Å²) in [5, 5.41) is 2.87. The second-order valence-corrected chi connectivity index (χ2v) is 6.52. The fraction of sp³-hybridized carbons (Fsp3) is 0.529. The van der Waals surface area contributed by atoms with Crippen LogP contribution in [0.2, 0.25) is 0 Å². The molecular weight excluding hydrogens is 280 g/mol. The molecule has 1 aliphatic rings. The van der Waals surface area contributed by atoms with Crippen LogP contribution in [0.4, 0.5) is 4.79 Å². The van der Waals surface area contributed by atoms with Gasteiger partial charge in [-0.2, -0.15) is 0 Å². The fourth-order valence-corrected chi connectivity index (χ4v) is 2.46. The van der Waals surface area contributed by atoms with Crippen molar-refractivity contribution in [1.82, 2.24) is 10.2 Å². The molecule has 1 unspecified atom stereocenters. The zero-order valence-corrected chi connectivity index (χ0v) is 13.5. The molecule has 5 nitrogen and oxygen atoms in total. The summed E-state index contributed by atoms with van der Waals surface area (Å²) < 4.78 is 5.46. The first-order valence-corrected chi connectivity index (χ1v) is 7.68. The van der Waals surface area contributed by atoms with E-state index < -0.39 is 17.7 Å². The van der Waals surface area contributed by atoms with Gasteiger partial charge in [-0.15, -0.1) is 0 Å². The topological polar surface area (TPSA) is 58.6 Å². The van der Waals surface area contributed by atoms with Crippen molar-refractivity contribution in [2.75, 3.05) is 13.1 Å². The third-order valence-electron chi connectivity index (χ3n) is 3.45. The summed E-state index contributed by atoms with van der Waals surface area (Å²) in [6.45, 7) is 6.59. The second kappa shape index (κ2) is 6.81. The van der Waals surface area contributed by atoms with E-state index in [2.05, 4.69) is 5.32 Å². The smallest absolute Gasteiger partial charge is 0.410 e. The molecule has 1 fully saturated rings. The van der Waals surface area contributed by atoms with E-state index in [0.717, 1.165) is 12.0 Å². The Hall–Kier alpha value is -2.04. The Balaban J connectivity index is 2.19. The van der Waals surface area contributed by atoms with E-state index in [1.54, 1.807) is 4.90 Å². The van der Waals surface area contributed by atoms with Crippen molar-refractivity contribution in [3.63, 3.8) is 0 Å². The number of amides is 2. The van der Waals surface area contributed by atoms with Crippen LogP contribution in [0.5, 0.6) is 0 Å². The molecule has 1 heterocycles. The van der Waals surface area contributed by atoms with Crippen LogP contribution in [0.1, 0.15) is 32.8 Å². The van der Waals surface area contributed by atoms with Crippen LogP contribution in [-0.2, 0) is 16.0 Å². The first-order valence-electron chi connectivity index (χ1n) is 7.68. The zero-order chi connectivity index (χ0) is 16.2. The molecule has 1 aromatic carbocycles. The number of carbonyl (C=O) groups is 2. The van der Waals surface area contributed by atoms with Gasteiger partial charge in [0.1, 0.15) is 11.6 Å². The average Bonchev–Trinajstić information content (AvgIpc) is 2.61. The lowest BCUT2D eigenvalue weighted by Crippen LogP contribution is -2.49. The number of hydrogen-bond acceptors (Lipinski definition) is 3. The molecule has 1 atom stereocenters. The maximum atomic E-state index is 12.4. The molecule has 2 amide bonds. The summed E-state index contributed by atoms with van der Waals surface area (Å²) in [4.78, 5) is 26.3. The van der Waals surface area contributed by atoms with Gasteiger partial charge >= 0.3 is 6.09 Å². The van der Waals surface area contributed by atoms with Gasteiger partial charge in [-0.05, 0) is 32.8 Å². The predicted molar refractivity (Wildman–Crippen MR) is 84.5 cm³/mol. The van der Waals surface area contributed by atoms with Crippen LogP contribution >= 0.6 is 0 Å². The van der Waals surface area contributed by atoms with Crippen molar-refractivity contribution in [3.05, 3.63) is 35.9 Å². The maximum Gasteiger partial charge on any atom is 0.410 e. The van der Waals surface area contributed by atoms with E-state index in [9.17, 15) is 9.59 Å². The van der Waals surface area contributed by atoms with Gasteiger partial charge in [0.25, 0.3) is 0 Å². The summed E-state index contributed by atoms with van der Waals surface area (Å²) >= 11 is 0. The molecule has 1 saturated heterocycles. The molecule has 120 valence electrons. The molecule has 0 spiro atoms. The number of rotatable bonds is 2. The summed E-state index contributed by atoms with van der Waals surface area (Å²) in [6.07, 6.45) is 0.799. The molecule has 2 rings (SSSR count). The van der Waals surface area contributed by atoms with Crippen LogP contribution in [0.25, 0.3) is 0 Å². The summed E-state index contributed by atoms with van der Waals surface area (Å²) in [5.74, 6) is -0.118. The number of carbonyl (C=O) groups excluding carboxylic acids is 2. The zero-order valence-electron chi connectivity index (χ0n) is 13.5. The second-order valence-electron chi connectivity index (χ2n) is 6.52. The predicted octanol–water partition coefficient (Wildman–Crippen LogP) is 2.35. The molecule has 1 aliphatic heterocycles. The summed E-state index contributed by atoms with van der Waals surface area (Å²) in [6, 6.07) is 9.20. The standard InChI is InChI=1S/C17H24N2O3/c1-17(2,3)22-16(21)19-11-7-10-18-15(20)14(19)12-13-8-5-4-6-9-13/h4-6,8-9,14H,7,10-12H2,1-3H3,(H,18,20). The van der Waals surface area contributed by atoms with Gasteiger partial charge in [-0.3, -0.25) is 9.69 Å². The largest absolute Gasteiger partial charge is 0.444 e. The monoisotopic (exact) mass is 304 g/mol. The molecule has 0 bridgehead atoms. The molecule has 0 aromatic heterocycles. The number of ether oxygens (including phenoxy) is 1. The van der Waals surface area contributed by atoms with E-state index in [4.69, 9.17) is 4.74 Å². The molecule has 22 heavy (non-hydrogen) atoms. The molecule has 1 aromatic rings. The normalized spacial score (nSPS) is 19.3. The third kappa shape index (κ3) is 4.48. The van der Waals surface area contributed by atoms with Crippen molar-refractivity contribution in [2.24, 2.45) is 0 Å². The highest BCUT2D eigenvalue weighted by molar-refractivity contribution is 5.86. The Labute approximate surface area is 131 Å². The van der Waals surface area contributed by atoms with Gasteiger partial charge in [-0.25, -0.2) is 4.79 Å². The molecule has 5 heteroatoms. The van der Waals surface area contributed by atoms with Crippen LogP contribution in [0, 0.1) is 0 Å². The van der Waals surface area contributed by atoms with Crippen LogP contribution in [-0.4, -0.2) is 41.6 Å². The number of hydrogen-bond donors (Lipinski definition) is 1. The van der Waals surface area contributed by atoms with Crippen LogP contribution in [0.3, 0.4) is 0 Å². The van der Waals surface area contributed by atoms with Gasteiger partial charge in [0.15, 0.2) is 0 Å². The minimum absolute atomic E-state index is 0.118. The number of benzene rings is 1. The minimum atomic E-state index is -0.572. The summed E-state index contributed by atoms with van der Waals surface area (Å²) in [7, 11) is 0. The molecule has 0 saturated carbocycles. The highest BCUT2D eigenvalue weighted by atomic mass is 16.6. The number of nitrogens with zero attached hydrogens (tertiary/aromatic N) is 1. The molecule has 0 radical (unpaired) electrons. The van der Waals surface area contributed by atoms with Crippen molar-refractivity contribution in [2.45, 2.75) is 45.3 Å². The summed E-state index contributed by atoms with van der Waals surface area (Å²) in [5.41, 5.74) is 0.454. The maximum absolute atomic E-state index is 12.4. The Morgan fingerprint density at radius 3 is 2.64 bits per heavy atom. The lowest BCUT2D eigenvalue weighted by Gasteiger charge is -2.31. The van der Waals surface area contributed by atoms with Crippen molar-refractivity contribution in [1.29, 1.82) is 0 Å². The van der Waals surface area contributed by atoms with E-state index in [1.165, 1.54) is 0 Å². The van der Waals surface area contributed by atoms with E-state index in [0.29, 0.717) is 19.5 Å². The van der Waals surface area contributed by atoms with E-state index in [-0.39, 0.29) is 5.91 Å². The Kier molecular flexibility index (Phi) is 5.06. The molecule has 1 N–H and O–H groups in total. The fourth-order valence-electron chi connectivity index (χ4n) is 2.46. The quantitative estimate of drug-likeness (QED) is 0.912. The first kappa shape index (κ1) is 16.3. The van der Waals surface area contributed by atoms with Gasteiger partial charge in [0.2, 0.25) is 5.91 Å². The van der Waals surface area contributed by atoms with Crippen molar-refractivity contribution in [3.8, 4) is 0 Å². The average molecular weight is 304 g/mol. The molecule has 0 aliphatic carbocycles. The Bertz CT molecular complexity index is 522. The SMILES string of the molecule is CC(C)(C)OC(=O)N1CCCNC(=O)C1Cc1ccccc1. The number of nitrogens with one attached hydrogen (secondary N) is 1. The van der Waals surface area contributed by atoms with Gasteiger partial charge in [-0.1, -0.05) is 30.3 Å². The Morgan fingerprint density at radius 2 is 2.00 bits per heavy atom. The lowest BCUT2D eigenvalue weighted by atomic mass is 10.0. The van der Waals surface area contributed by atoms with Crippen molar-refractivity contribution >= 4 is 12.0 Å². The van der Waals surface area contributed by atoms with Gasteiger partial charge in [0, 0.05) is 19.5 Å². The third-order valence-corrected chi connectivity index (χ3v) is 3.45. The van der Waals surface area contributed by atoms with E-state index >= 15 is 0 Å². The molecular formula is C17H24N2O3.